The average Bonchev–Trinajstić information content (AvgIpc) is 2.94. The van der Waals surface area contributed by atoms with E-state index in [-0.39, 0.29) is 0 Å². The summed E-state index contributed by atoms with van der Waals surface area (Å²) in [6.45, 7) is 6.00. The van der Waals surface area contributed by atoms with Crippen molar-refractivity contribution < 1.29 is 5.11 Å². The minimum Gasteiger partial charge on any atom is -0.388 e. The zero-order valence-corrected chi connectivity index (χ0v) is 11.2. The Kier molecular flexibility index (Phi) is 2.90. The standard InChI is InChI=1S/C13H22N4O/c1-10(2)17-12(14-9-15-17)7-13(18)5-6-16(8-13)11-3-4-11/h9-11,18H,3-8H2,1-2H3. The molecular formula is C13H22N4O. The summed E-state index contributed by atoms with van der Waals surface area (Å²) in [4.78, 5) is 6.73. The Labute approximate surface area is 108 Å². The topological polar surface area (TPSA) is 54.2 Å². The van der Waals surface area contributed by atoms with Gasteiger partial charge in [-0.05, 0) is 33.1 Å². The fourth-order valence-corrected chi connectivity index (χ4v) is 2.91. The number of hydrogen-bond acceptors (Lipinski definition) is 4. The van der Waals surface area contributed by atoms with Gasteiger partial charge in [-0.2, -0.15) is 5.10 Å². The van der Waals surface area contributed by atoms with E-state index in [0.29, 0.717) is 12.5 Å². The third-order valence-electron chi connectivity index (χ3n) is 4.05. The number of likely N-dealkylation sites (tertiary alicyclic amines) is 1. The number of hydrogen-bond donors (Lipinski definition) is 1. The van der Waals surface area contributed by atoms with Crippen LogP contribution < -0.4 is 0 Å². The second-order valence-electron chi connectivity index (χ2n) is 6.07. The van der Waals surface area contributed by atoms with Gasteiger partial charge in [0, 0.05) is 31.6 Å². The molecule has 2 aliphatic rings. The first-order valence-electron chi connectivity index (χ1n) is 6.92. The van der Waals surface area contributed by atoms with Crippen molar-refractivity contribution in [1.29, 1.82) is 0 Å². The molecule has 1 atom stereocenters. The number of aliphatic hydroxyl groups is 1. The first-order valence-corrected chi connectivity index (χ1v) is 6.92. The maximum Gasteiger partial charge on any atom is 0.138 e. The molecule has 1 aromatic rings. The summed E-state index contributed by atoms with van der Waals surface area (Å²) < 4.78 is 1.91. The lowest BCUT2D eigenvalue weighted by atomic mass is 9.98. The van der Waals surface area contributed by atoms with E-state index >= 15 is 0 Å². The van der Waals surface area contributed by atoms with Crippen LogP contribution in [0.4, 0.5) is 0 Å². The van der Waals surface area contributed by atoms with E-state index in [0.717, 1.165) is 31.4 Å². The van der Waals surface area contributed by atoms with Crippen molar-refractivity contribution in [2.75, 3.05) is 13.1 Å². The molecule has 3 rings (SSSR count). The Morgan fingerprint density at radius 3 is 2.94 bits per heavy atom. The van der Waals surface area contributed by atoms with Crippen LogP contribution in [0, 0.1) is 0 Å². The van der Waals surface area contributed by atoms with Crippen LogP contribution in [-0.2, 0) is 6.42 Å². The van der Waals surface area contributed by atoms with Gasteiger partial charge in [0.25, 0.3) is 0 Å². The van der Waals surface area contributed by atoms with Gasteiger partial charge < -0.3 is 5.11 Å². The third-order valence-corrected chi connectivity index (χ3v) is 4.05. The minimum atomic E-state index is -0.609. The molecule has 5 nitrogen and oxygen atoms in total. The van der Waals surface area contributed by atoms with Crippen molar-refractivity contribution in [1.82, 2.24) is 19.7 Å². The molecule has 1 N–H and O–H groups in total. The van der Waals surface area contributed by atoms with Gasteiger partial charge in [-0.25, -0.2) is 9.67 Å². The molecule has 18 heavy (non-hydrogen) atoms. The molecule has 0 amide bonds. The van der Waals surface area contributed by atoms with Crippen molar-refractivity contribution in [3.8, 4) is 0 Å². The van der Waals surface area contributed by atoms with Crippen molar-refractivity contribution in [2.24, 2.45) is 0 Å². The summed E-state index contributed by atoms with van der Waals surface area (Å²) in [6, 6.07) is 1.04. The Morgan fingerprint density at radius 1 is 1.50 bits per heavy atom. The van der Waals surface area contributed by atoms with Gasteiger partial charge >= 0.3 is 0 Å². The molecule has 1 saturated carbocycles. The van der Waals surface area contributed by atoms with Crippen LogP contribution in [0.25, 0.3) is 0 Å². The minimum absolute atomic E-state index is 0.298. The van der Waals surface area contributed by atoms with Crippen LogP contribution in [0.1, 0.15) is 45.0 Å². The highest BCUT2D eigenvalue weighted by atomic mass is 16.3. The summed E-state index contributed by atoms with van der Waals surface area (Å²) in [5.74, 6) is 0.908. The summed E-state index contributed by atoms with van der Waals surface area (Å²) in [5, 5.41) is 14.9. The Hall–Kier alpha value is -0.940. The van der Waals surface area contributed by atoms with Crippen LogP contribution in [-0.4, -0.2) is 49.5 Å². The molecule has 1 aliphatic heterocycles. The fourth-order valence-electron chi connectivity index (χ4n) is 2.91. The molecule has 2 fully saturated rings. The highest BCUT2D eigenvalue weighted by Gasteiger charge is 2.42. The third kappa shape index (κ3) is 2.29. The van der Waals surface area contributed by atoms with Gasteiger partial charge in [-0.1, -0.05) is 0 Å². The normalized spacial score (nSPS) is 29.3. The van der Waals surface area contributed by atoms with E-state index in [2.05, 4.69) is 28.8 Å². The molecule has 1 aliphatic carbocycles. The highest BCUT2D eigenvalue weighted by Crippen LogP contribution is 2.34. The summed E-state index contributed by atoms with van der Waals surface area (Å²) in [7, 11) is 0. The van der Waals surface area contributed by atoms with Gasteiger partial charge in [0.15, 0.2) is 0 Å². The monoisotopic (exact) mass is 250 g/mol. The van der Waals surface area contributed by atoms with Crippen molar-refractivity contribution >= 4 is 0 Å². The van der Waals surface area contributed by atoms with Gasteiger partial charge in [0.2, 0.25) is 0 Å². The first kappa shape index (κ1) is 12.1. The number of aromatic nitrogens is 3. The molecule has 1 saturated heterocycles. The van der Waals surface area contributed by atoms with Gasteiger partial charge in [0.05, 0.1) is 5.60 Å². The highest BCUT2D eigenvalue weighted by molar-refractivity contribution is 5.03. The van der Waals surface area contributed by atoms with Crippen LogP contribution in [0.2, 0.25) is 0 Å². The maximum atomic E-state index is 10.7. The molecule has 0 radical (unpaired) electrons. The predicted molar refractivity (Wildman–Crippen MR) is 68.3 cm³/mol. The number of β-amino-alcohol motifs (C(OH)–C–C–N with tert-alkyl or cyclic N) is 1. The Balaban J connectivity index is 1.69. The molecular weight excluding hydrogens is 228 g/mol. The molecule has 2 heterocycles. The van der Waals surface area contributed by atoms with Crippen molar-refractivity contribution in [3.05, 3.63) is 12.2 Å². The average molecular weight is 250 g/mol. The van der Waals surface area contributed by atoms with Crippen LogP contribution in [0.3, 0.4) is 0 Å². The second kappa shape index (κ2) is 4.31. The van der Waals surface area contributed by atoms with Gasteiger partial charge in [-0.3, -0.25) is 4.90 Å². The van der Waals surface area contributed by atoms with Crippen LogP contribution in [0.15, 0.2) is 6.33 Å². The van der Waals surface area contributed by atoms with E-state index in [1.165, 1.54) is 12.8 Å². The van der Waals surface area contributed by atoms with Gasteiger partial charge in [0.1, 0.15) is 12.2 Å². The first-order chi connectivity index (χ1) is 8.57. The fraction of sp³-hybridized carbons (Fsp3) is 0.846. The molecule has 0 spiro atoms. The zero-order valence-electron chi connectivity index (χ0n) is 11.2. The van der Waals surface area contributed by atoms with Crippen molar-refractivity contribution in [3.63, 3.8) is 0 Å². The Bertz CT molecular complexity index is 426. The van der Waals surface area contributed by atoms with E-state index in [1.54, 1.807) is 6.33 Å². The van der Waals surface area contributed by atoms with Crippen LogP contribution >= 0.6 is 0 Å². The predicted octanol–water partition coefficient (Wildman–Crippen LogP) is 1.00. The summed E-state index contributed by atoms with van der Waals surface area (Å²) in [5.41, 5.74) is -0.609. The zero-order chi connectivity index (χ0) is 12.8. The SMILES string of the molecule is CC(C)n1ncnc1CC1(O)CCN(C2CC2)C1. The Morgan fingerprint density at radius 2 is 2.28 bits per heavy atom. The summed E-state index contributed by atoms with van der Waals surface area (Å²) in [6.07, 6.45) is 5.67. The molecule has 5 heteroatoms. The van der Waals surface area contributed by atoms with E-state index < -0.39 is 5.60 Å². The largest absolute Gasteiger partial charge is 0.388 e. The molecule has 1 aromatic heterocycles. The van der Waals surface area contributed by atoms with E-state index in [4.69, 9.17) is 0 Å². The van der Waals surface area contributed by atoms with E-state index in [1.807, 2.05) is 4.68 Å². The number of rotatable bonds is 4. The molecule has 0 aromatic carbocycles. The molecule has 0 bridgehead atoms. The lowest BCUT2D eigenvalue weighted by Gasteiger charge is -2.23. The quantitative estimate of drug-likeness (QED) is 0.866. The maximum absolute atomic E-state index is 10.7. The second-order valence-corrected chi connectivity index (χ2v) is 6.07. The van der Waals surface area contributed by atoms with Gasteiger partial charge in [-0.15, -0.1) is 0 Å². The molecule has 100 valence electrons. The lowest BCUT2D eigenvalue weighted by Crippen LogP contribution is -2.37. The smallest absolute Gasteiger partial charge is 0.138 e. The van der Waals surface area contributed by atoms with Crippen LogP contribution in [0.5, 0.6) is 0 Å². The molecule has 1 unspecified atom stereocenters. The number of nitrogens with zero attached hydrogens (tertiary/aromatic N) is 4. The summed E-state index contributed by atoms with van der Waals surface area (Å²) >= 11 is 0. The lowest BCUT2D eigenvalue weighted by molar-refractivity contribution is 0.0454. The van der Waals surface area contributed by atoms with Crippen molar-refractivity contribution in [2.45, 2.75) is 57.2 Å². The van der Waals surface area contributed by atoms with E-state index in [9.17, 15) is 5.11 Å².